The molecule has 3 rings (SSSR count). The van der Waals surface area contributed by atoms with E-state index in [0.29, 0.717) is 23.1 Å². The highest BCUT2D eigenvalue weighted by Gasteiger charge is 2.29. The number of carbonyl (C=O) groups excluding carboxylic acids is 1. The van der Waals surface area contributed by atoms with Gasteiger partial charge in [0.15, 0.2) is 10.1 Å². The minimum absolute atomic E-state index is 0.00821. The maximum atomic E-state index is 12.5. The third-order valence-electron chi connectivity index (χ3n) is 2.96. The summed E-state index contributed by atoms with van der Waals surface area (Å²) in [6.45, 7) is 2.44. The van der Waals surface area contributed by atoms with Crippen molar-refractivity contribution in [3.05, 3.63) is 28.7 Å². The molecule has 0 bridgehead atoms. The molecule has 110 valence electrons. The molecule has 5 nitrogen and oxygen atoms in total. The molecular formula is C13H12ClN3O2S2. The smallest absolute Gasteiger partial charge is 0.237 e. The fraction of sp³-hybridized carbons (Fsp3) is 0.308. The van der Waals surface area contributed by atoms with Crippen LogP contribution in [0, 0.1) is 0 Å². The quantitative estimate of drug-likeness (QED) is 0.803. The topological polar surface area (TPSA) is 55.3 Å². The highest BCUT2D eigenvalue weighted by atomic mass is 35.5. The normalized spacial score (nSPS) is 17.2. The molecule has 1 aliphatic heterocycles. The molecule has 0 aliphatic carbocycles. The molecule has 0 unspecified atom stereocenters. The van der Waals surface area contributed by atoms with Crippen LogP contribution < -0.4 is 9.64 Å². The Morgan fingerprint density at radius 2 is 2.48 bits per heavy atom. The third-order valence-corrected chi connectivity index (χ3v) is 5.10. The highest BCUT2D eigenvalue weighted by Crippen LogP contribution is 2.39. The van der Waals surface area contributed by atoms with E-state index < -0.39 is 0 Å². The molecule has 1 atom stereocenters. The van der Waals surface area contributed by atoms with E-state index in [0.717, 1.165) is 10.0 Å². The second-order valence-electron chi connectivity index (χ2n) is 4.51. The van der Waals surface area contributed by atoms with E-state index in [1.807, 2.05) is 19.1 Å². The minimum atomic E-state index is -0.0899. The Morgan fingerprint density at radius 3 is 3.24 bits per heavy atom. The van der Waals surface area contributed by atoms with Crippen LogP contribution in [-0.4, -0.2) is 34.5 Å². The number of aromatic nitrogens is 2. The molecule has 0 radical (unpaired) electrons. The van der Waals surface area contributed by atoms with Crippen molar-refractivity contribution in [1.82, 2.24) is 10.2 Å². The standard InChI is InChI=1S/C13H12ClN3O2S2/c1-8-5-17(10-4-2-3-9(14)12(10)19-8)11(18)6-20-13-16-15-7-21-13/h2-4,7-8H,5-6H2,1H3/t8-/m0/s1. The molecule has 21 heavy (non-hydrogen) atoms. The van der Waals surface area contributed by atoms with E-state index >= 15 is 0 Å². The first-order valence-electron chi connectivity index (χ1n) is 6.29. The Hall–Kier alpha value is -1.31. The first-order chi connectivity index (χ1) is 10.1. The lowest BCUT2D eigenvalue weighted by Gasteiger charge is -2.33. The summed E-state index contributed by atoms with van der Waals surface area (Å²) in [5, 5.41) is 8.20. The van der Waals surface area contributed by atoms with Gasteiger partial charge in [-0.15, -0.1) is 10.2 Å². The molecule has 1 aromatic carbocycles. The van der Waals surface area contributed by atoms with E-state index in [1.165, 1.54) is 23.1 Å². The van der Waals surface area contributed by atoms with Gasteiger partial charge in [-0.25, -0.2) is 0 Å². The van der Waals surface area contributed by atoms with Crippen molar-refractivity contribution in [3.8, 4) is 5.75 Å². The van der Waals surface area contributed by atoms with E-state index in [1.54, 1.807) is 16.5 Å². The summed E-state index contributed by atoms with van der Waals surface area (Å²) in [7, 11) is 0. The van der Waals surface area contributed by atoms with Gasteiger partial charge in [0, 0.05) is 0 Å². The summed E-state index contributed by atoms with van der Waals surface area (Å²) in [4.78, 5) is 14.2. The fourth-order valence-electron chi connectivity index (χ4n) is 2.08. The number of nitrogens with zero attached hydrogens (tertiary/aromatic N) is 3. The number of hydrogen-bond acceptors (Lipinski definition) is 6. The third kappa shape index (κ3) is 3.14. The van der Waals surface area contributed by atoms with Crippen molar-refractivity contribution in [2.24, 2.45) is 0 Å². The average molecular weight is 342 g/mol. The van der Waals surface area contributed by atoms with Crippen molar-refractivity contribution in [3.63, 3.8) is 0 Å². The number of halogens is 1. The number of para-hydroxylation sites is 1. The maximum Gasteiger partial charge on any atom is 0.237 e. The molecular weight excluding hydrogens is 330 g/mol. The average Bonchev–Trinajstić information content (AvgIpc) is 2.98. The Morgan fingerprint density at radius 1 is 1.62 bits per heavy atom. The van der Waals surface area contributed by atoms with Gasteiger partial charge in [-0.3, -0.25) is 4.79 Å². The van der Waals surface area contributed by atoms with Crippen LogP contribution in [0.3, 0.4) is 0 Å². The molecule has 1 aliphatic rings. The van der Waals surface area contributed by atoms with Gasteiger partial charge < -0.3 is 9.64 Å². The summed E-state index contributed by atoms with van der Waals surface area (Å²) in [6, 6.07) is 5.43. The monoisotopic (exact) mass is 341 g/mol. The summed E-state index contributed by atoms with van der Waals surface area (Å²) >= 11 is 8.96. The van der Waals surface area contributed by atoms with Crippen molar-refractivity contribution >= 4 is 46.3 Å². The number of rotatable bonds is 3. The van der Waals surface area contributed by atoms with Crippen LogP contribution in [0.1, 0.15) is 6.92 Å². The largest absolute Gasteiger partial charge is 0.485 e. The maximum absolute atomic E-state index is 12.5. The zero-order valence-corrected chi connectivity index (χ0v) is 13.5. The number of amides is 1. The molecule has 1 amide bonds. The second-order valence-corrected chi connectivity index (χ2v) is 6.98. The van der Waals surface area contributed by atoms with Crippen LogP contribution >= 0.6 is 34.7 Å². The number of carbonyl (C=O) groups is 1. The molecule has 0 N–H and O–H groups in total. The predicted octanol–water partition coefficient (Wildman–Crippen LogP) is 3.10. The van der Waals surface area contributed by atoms with Gasteiger partial charge in [0.25, 0.3) is 0 Å². The van der Waals surface area contributed by atoms with Crippen LogP contribution in [0.5, 0.6) is 5.75 Å². The number of thioether (sulfide) groups is 1. The Labute approximate surface area is 135 Å². The number of benzene rings is 1. The van der Waals surface area contributed by atoms with Crippen molar-refractivity contribution < 1.29 is 9.53 Å². The minimum Gasteiger partial charge on any atom is -0.485 e. The van der Waals surface area contributed by atoms with E-state index in [-0.39, 0.29) is 12.0 Å². The lowest BCUT2D eigenvalue weighted by atomic mass is 10.2. The van der Waals surface area contributed by atoms with Crippen molar-refractivity contribution in [2.45, 2.75) is 17.4 Å². The first-order valence-corrected chi connectivity index (χ1v) is 8.54. The summed E-state index contributed by atoms with van der Waals surface area (Å²) in [6.07, 6.45) is -0.0899. The van der Waals surface area contributed by atoms with Crippen molar-refractivity contribution in [1.29, 1.82) is 0 Å². The van der Waals surface area contributed by atoms with Gasteiger partial charge in [0.05, 0.1) is 23.0 Å². The number of hydrogen-bond donors (Lipinski definition) is 0. The zero-order valence-electron chi connectivity index (χ0n) is 11.2. The number of fused-ring (bicyclic) bond motifs is 1. The molecule has 2 aromatic rings. The Balaban J connectivity index is 1.79. The molecule has 2 heterocycles. The zero-order chi connectivity index (χ0) is 14.8. The van der Waals surface area contributed by atoms with Crippen LogP contribution in [0.4, 0.5) is 5.69 Å². The summed E-state index contributed by atoms with van der Waals surface area (Å²) in [5.41, 5.74) is 2.38. The Bertz CT molecular complexity index is 651. The van der Waals surface area contributed by atoms with Gasteiger partial charge in [0.1, 0.15) is 11.6 Å². The number of ether oxygens (including phenoxy) is 1. The van der Waals surface area contributed by atoms with Gasteiger partial charge in [-0.2, -0.15) is 0 Å². The molecule has 0 fully saturated rings. The SMILES string of the molecule is C[C@H]1CN(C(=O)CSc2nncs2)c2cccc(Cl)c2O1. The molecule has 8 heteroatoms. The van der Waals surface area contributed by atoms with Crippen LogP contribution in [0.15, 0.2) is 28.0 Å². The molecule has 0 saturated heterocycles. The highest BCUT2D eigenvalue weighted by molar-refractivity contribution is 8.01. The fourth-order valence-corrected chi connectivity index (χ4v) is 3.66. The summed E-state index contributed by atoms with van der Waals surface area (Å²) < 4.78 is 6.53. The van der Waals surface area contributed by atoms with E-state index in [2.05, 4.69) is 10.2 Å². The van der Waals surface area contributed by atoms with Gasteiger partial charge in [-0.05, 0) is 19.1 Å². The van der Waals surface area contributed by atoms with Crippen LogP contribution in [0.2, 0.25) is 5.02 Å². The van der Waals surface area contributed by atoms with Gasteiger partial charge in [0.2, 0.25) is 5.91 Å². The number of anilines is 1. The van der Waals surface area contributed by atoms with Crippen molar-refractivity contribution in [2.75, 3.05) is 17.2 Å². The van der Waals surface area contributed by atoms with E-state index in [4.69, 9.17) is 16.3 Å². The predicted molar refractivity (Wildman–Crippen MR) is 84.5 cm³/mol. The summed E-state index contributed by atoms with van der Waals surface area (Å²) in [5.74, 6) is 0.898. The van der Waals surface area contributed by atoms with Gasteiger partial charge in [-0.1, -0.05) is 40.8 Å². The van der Waals surface area contributed by atoms with E-state index in [9.17, 15) is 4.79 Å². The lowest BCUT2D eigenvalue weighted by molar-refractivity contribution is -0.116. The first kappa shape index (κ1) is 14.6. The van der Waals surface area contributed by atoms with Crippen LogP contribution in [-0.2, 0) is 4.79 Å². The molecule has 0 saturated carbocycles. The molecule has 1 aromatic heterocycles. The molecule has 0 spiro atoms. The van der Waals surface area contributed by atoms with Crippen LogP contribution in [0.25, 0.3) is 0 Å². The Kier molecular flexibility index (Phi) is 4.32. The van der Waals surface area contributed by atoms with Gasteiger partial charge >= 0.3 is 0 Å². The lowest BCUT2D eigenvalue weighted by Crippen LogP contribution is -2.43. The second kappa shape index (κ2) is 6.21.